The van der Waals surface area contributed by atoms with Crippen LogP contribution in [-0.2, 0) is 5.54 Å². The normalized spacial score (nSPS) is 11.9. The number of hydrogen-bond donors (Lipinski definition) is 0. The summed E-state index contributed by atoms with van der Waals surface area (Å²) in [5, 5.41) is 0. The van der Waals surface area contributed by atoms with Crippen LogP contribution in [0.4, 0.5) is 0 Å². The number of aromatic nitrogens is 1. The van der Waals surface area contributed by atoms with Crippen LogP contribution in [0.3, 0.4) is 0 Å². The molecule has 0 N–H and O–H groups in total. The lowest BCUT2D eigenvalue weighted by molar-refractivity contribution is -0.768. The number of pyridine rings is 1. The first-order chi connectivity index (χ1) is 18.8. The minimum absolute atomic E-state index is 0.341. The molecule has 0 amide bonds. The van der Waals surface area contributed by atoms with E-state index in [0.717, 1.165) is 0 Å². The van der Waals surface area contributed by atoms with Crippen LogP contribution < -0.4 is 4.57 Å². The van der Waals surface area contributed by atoms with Gasteiger partial charge in [0, 0.05) is 31.4 Å². The third kappa shape index (κ3) is 18.4. The van der Waals surface area contributed by atoms with Gasteiger partial charge in [-0.1, -0.05) is 168 Å². The van der Waals surface area contributed by atoms with Crippen molar-refractivity contribution in [3.63, 3.8) is 0 Å². The number of hydrogen-bond acceptors (Lipinski definition) is 0. The molecule has 0 saturated carbocycles. The molecule has 0 bridgehead atoms. The average molecular weight is 529 g/mol. The van der Waals surface area contributed by atoms with Gasteiger partial charge in [-0.3, -0.25) is 0 Å². The fraction of sp³-hybridized carbons (Fsp3) is 0.865. The number of nitrogens with zero attached hydrogens (tertiary/aromatic N) is 1. The Labute approximate surface area is 241 Å². The number of unbranched alkanes of at least 4 members (excludes halogenated alkanes) is 22. The maximum atomic E-state index is 2.65. The summed E-state index contributed by atoms with van der Waals surface area (Å²) in [6.45, 7) is 6.96. The van der Waals surface area contributed by atoms with Gasteiger partial charge < -0.3 is 0 Å². The first-order valence-corrected chi connectivity index (χ1v) is 17.8. The predicted molar refractivity (Wildman–Crippen MR) is 171 cm³/mol. The summed E-state index contributed by atoms with van der Waals surface area (Å²) in [4.78, 5) is 0. The monoisotopic (exact) mass is 529 g/mol. The molecule has 0 saturated heterocycles. The van der Waals surface area contributed by atoms with Crippen molar-refractivity contribution in [1.29, 1.82) is 0 Å². The second kappa shape index (κ2) is 26.4. The van der Waals surface area contributed by atoms with Gasteiger partial charge in [0.25, 0.3) is 0 Å². The minimum atomic E-state index is 0.341. The van der Waals surface area contributed by atoms with Gasteiger partial charge in [0.15, 0.2) is 17.9 Å². The highest BCUT2D eigenvalue weighted by Crippen LogP contribution is 2.32. The van der Waals surface area contributed by atoms with Gasteiger partial charge >= 0.3 is 0 Å². The average Bonchev–Trinajstić information content (AvgIpc) is 2.95. The van der Waals surface area contributed by atoms with Crippen molar-refractivity contribution in [3.05, 3.63) is 30.6 Å². The molecule has 1 rings (SSSR count). The topological polar surface area (TPSA) is 3.88 Å². The van der Waals surface area contributed by atoms with E-state index in [2.05, 4.69) is 55.9 Å². The molecule has 38 heavy (non-hydrogen) atoms. The first kappa shape index (κ1) is 35.2. The van der Waals surface area contributed by atoms with Crippen LogP contribution >= 0.6 is 0 Å². The molecule has 0 unspecified atom stereocenters. The molecular weight excluding hydrogens is 458 g/mol. The van der Waals surface area contributed by atoms with Crippen LogP contribution in [0.15, 0.2) is 30.6 Å². The van der Waals surface area contributed by atoms with E-state index in [4.69, 9.17) is 0 Å². The molecule has 0 fully saturated rings. The van der Waals surface area contributed by atoms with Crippen LogP contribution in [0.2, 0.25) is 0 Å². The molecule has 0 aliphatic heterocycles. The molecular formula is C37H70N+. The van der Waals surface area contributed by atoms with Gasteiger partial charge in [0.1, 0.15) is 0 Å². The molecule has 0 aromatic carbocycles. The van der Waals surface area contributed by atoms with E-state index in [1.54, 1.807) is 0 Å². The van der Waals surface area contributed by atoms with E-state index >= 15 is 0 Å². The molecule has 1 nitrogen and oxygen atoms in total. The van der Waals surface area contributed by atoms with Crippen molar-refractivity contribution in [1.82, 2.24) is 0 Å². The van der Waals surface area contributed by atoms with Crippen LogP contribution in [0.5, 0.6) is 0 Å². The summed E-state index contributed by atoms with van der Waals surface area (Å²) in [5.74, 6) is 0. The van der Waals surface area contributed by atoms with E-state index in [1.165, 1.54) is 180 Å². The van der Waals surface area contributed by atoms with Crippen molar-refractivity contribution in [2.45, 2.75) is 206 Å². The van der Waals surface area contributed by atoms with Crippen molar-refractivity contribution in [3.8, 4) is 0 Å². The van der Waals surface area contributed by atoms with Crippen LogP contribution in [-0.4, -0.2) is 0 Å². The lowest BCUT2D eigenvalue weighted by atomic mass is 9.81. The third-order valence-electron chi connectivity index (χ3n) is 9.00. The van der Waals surface area contributed by atoms with E-state index < -0.39 is 0 Å². The molecule has 1 heterocycles. The standard InChI is InChI=1S/C37H70N/c1-4-7-10-13-16-17-18-19-22-25-29-34-37(38-35-30-26-31-36-38,32-27-23-20-14-11-8-5-2)33-28-24-21-15-12-9-6-3/h26,30-31,35-36H,4-25,27-29,32-34H2,1-3H3/q+1. The van der Waals surface area contributed by atoms with Crippen LogP contribution in [0.25, 0.3) is 0 Å². The second-order valence-electron chi connectivity index (χ2n) is 12.5. The Kier molecular flexibility index (Phi) is 24.4. The Morgan fingerprint density at radius 3 is 0.895 bits per heavy atom. The summed E-state index contributed by atoms with van der Waals surface area (Å²) < 4.78 is 2.65. The predicted octanol–water partition coefficient (Wildman–Crippen LogP) is 12.7. The zero-order chi connectivity index (χ0) is 27.4. The van der Waals surface area contributed by atoms with E-state index in [1.807, 2.05) is 0 Å². The zero-order valence-electron chi connectivity index (χ0n) is 26.6. The summed E-state index contributed by atoms with van der Waals surface area (Å²) in [6, 6.07) is 6.74. The highest BCUT2D eigenvalue weighted by Gasteiger charge is 2.37. The SMILES string of the molecule is CCCCCCCCCCCCCC(CCCCCCCCC)(CCCCCCCCC)[n+]1ccccc1. The van der Waals surface area contributed by atoms with Gasteiger partial charge in [0.2, 0.25) is 0 Å². The minimum Gasteiger partial charge on any atom is -0.200 e. The van der Waals surface area contributed by atoms with Gasteiger partial charge in [-0.15, -0.1) is 0 Å². The Morgan fingerprint density at radius 1 is 0.342 bits per heavy atom. The zero-order valence-corrected chi connectivity index (χ0v) is 26.6. The van der Waals surface area contributed by atoms with Crippen LogP contribution in [0.1, 0.15) is 201 Å². The van der Waals surface area contributed by atoms with Crippen molar-refractivity contribution >= 4 is 0 Å². The van der Waals surface area contributed by atoms with Gasteiger partial charge in [-0.05, 0) is 19.3 Å². The largest absolute Gasteiger partial charge is 0.200 e. The molecule has 0 aliphatic carbocycles. The molecule has 1 heteroatoms. The molecule has 0 radical (unpaired) electrons. The molecule has 0 spiro atoms. The van der Waals surface area contributed by atoms with E-state index in [9.17, 15) is 0 Å². The van der Waals surface area contributed by atoms with Crippen molar-refractivity contribution in [2.24, 2.45) is 0 Å². The first-order valence-electron chi connectivity index (χ1n) is 17.8. The molecule has 1 aromatic heterocycles. The Bertz CT molecular complexity index is 562. The fourth-order valence-corrected chi connectivity index (χ4v) is 6.42. The van der Waals surface area contributed by atoms with E-state index in [-0.39, 0.29) is 0 Å². The maximum absolute atomic E-state index is 2.65. The Hall–Kier alpha value is -0.850. The van der Waals surface area contributed by atoms with Gasteiger partial charge in [-0.25, -0.2) is 0 Å². The second-order valence-corrected chi connectivity index (χ2v) is 12.5. The smallest absolute Gasteiger partial charge is 0.169 e. The summed E-state index contributed by atoms with van der Waals surface area (Å²) >= 11 is 0. The quantitative estimate of drug-likeness (QED) is 0.0719. The van der Waals surface area contributed by atoms with Crippen molar-refractivity contribution in [2.75, 3.05) is 0 Å². The highest BCUT2D eigenvalue weighted by molar-refractivity contribution is 4.86. The lowest BCUT2D eigenvalue weighted by Gasteiger charge is -2.29. The molecule has 0 atom stereocenters. The highest BCUT2D eigenvalue weighted by atomic mass is 15.0. The van der Waals surface area contributed by atoms with Gasteiger partial charge in [0.05, 0.1) is 0 Å². The van der Waals surface area contributed by atoms with E-state index in [0.29, 0.717) is 5.54 Å². The Morgan fingerprint density at radius 2 is 0.605 bits per heavy atom. The Balaban J connectivity index is 2.57. The van der Waals surface area contributed by atoms with Crippen LogP contribution in [0, 0.1) is 0 Å². The molecule has 0 aliphatic rings. The van der Waals surface area contributed by atoms with Crippen molar-refractivity contribution < 1.29 is 4.57 Å². The number of rotatable bonds is 29. The third-order valence-corrected chi connectivity index (χ3v) is 9.00. The molecule has 1 aromatic rings. The summed E-state index contributed by atoms with van der Waals surface area (Å²) in [5.41, 5.74) is 0.341. The lowest BCUT2D eigenvalue weighted by Crippen LogP contribution is -2.55. The van der Waals surface area contributed by atoms with Gasteiger partial charge in [-0.2, -0.15) is 4.57 Å². The summed E-state index contributed by atoms with van der Waals surface area (Å²) in [6.07, 6.45) is 44.6. The fourth-order valence-electron chi connectivity index (χ4n) is 6.42. The summed E-state index contributed by atoms with van der Waals surface area (Å²) in [7, 11) is 0. The maximum Gasteiger partial charge on any atom is 0.169 e. The molecule has 222 valence electrons.